The van der Waals surface area contributed by atoms with Crippen molar-refractivity contribution in [1.82, 2.24) is 0 Å². The molecule has 0 aromatic heterocycles. The predicted molar refractivity (Wildman–Crippen MR) is 7.23 cm³/mol. The van der Waals surface area contributed by atoms with Crippen LogP contribution in [-0.4, -0.2) is 0 Å². The van der Waals surface area contributed by atoms with Crippen LogP contribution in [0.1, 0.15) is 0 Å². The number of rotatable bonds is 0. The molecule has 0 saturated carbocycles. The third-order valence-corrected chi connectivity index (χ3v) is 0. The van der Waals surface area contributed by atoms with E-state index in [9.17, 15) is 0 Å². The summed E-state index contributed by atoms with van der Waals surface area (Å²) in [5.41, 5.74) is 0. The molecule has 0 aromatic rings. The van der Waals surface area contributed by atoms with E-state index < -0.39 is 14.0 Å². The molecule has 0 unspecified atom stereocenters. The summed E-state index contributed by atoms with van der Waals surface area (Å²) in [6.07, 6.45) is 0. The molecule has 0 atom stereocenters. The second-order valence-corrected chi connectivity index (χ2v) is 3.95. The first-order valence-corrected chi connectivity index (χ1v) is 4.93. The zero-order valence-corrected chi connectivity index (χ0v) is 7.45. The summed E-state index contributed by atoms with van der Waals surface area (Å²) < 4.78 is 26.8. The minimum absolute atomic E-state index is 0. The standard InChI is InChI=1S/ClH.Na.3O.Ru/h1H;;;;;/q;+1;;;-1;+1/p-1. The van der Waals surface area contributed by atoms with E-state index in [-0.39, 0.29) is 29.6 Å². The Morgan fingerprint density at radius 1 is 1.50 bits per heavy atom. The van der Waals surface area contributed by atoms with Crippen LogP contribution in [0.3, 0.4) is 0 Å². The molecule has 0 amide bonds. The fourth-order valence-electron chi connectivity index (χ4n) is 0. The van der Waals surface area contributed by atoms with E-state index in [0.29, 0.717) is 0 Å². The molecule has 0 aliphatic heterocycles. The van der Waals surface area contributed by atoms with Crippen molar-refractivity contribution in [1.29, 1.82) is 0 Å². The molecular weight excluding hydrogens is 208 g/mol. The monoisotopic (exact) mass is 208 g/mol. The summed E-state index contributed by atoms with van der Waals surface area (Å²) in [7, 11) is 4.03. The molecule has 0 radical (unpaired) electrons. The zero-order chi connectivity index (χ0) is 4.50. The summed E-state index contributed by atoms with van der Waals surface area (Å²) in [4.78, 5) is 0. The van der Waals surface area contributed by atoms with E-state index in [1.165, 1.54) is 0 Å². The van der Waals surface area contributed by atoms with Crippen molar-refractivity contribution >= 4 is 9.69 Å². The van der Waals surface area contributed by atoms with E-state index in [1.807, 2.05) is 0 Å². The molecule has 0 bridgehead atoms. The molecule has 0 aliphatic rings. The molecule has 0 saturated heterocycles. The van der Waals surface area contributed by atoms with Gasteiger partial charge in [0, 0.05) is 0 Å². The van der Waals surface area contributed by atoms with E-state index in [1.54, 1.807) is 0 Å². The van der Waals surface area contributed by atoms with Gasteiger partial charge in [0.1, 0.15) is 0 Å². The van der Waals surface area contributed by atoms with Gasteiger partial charge in [0.15, 0.2) is 0 Å². The normalized spacial score (nSPS) is 12.3. The van der Waals surface area contributed by atoms with Gasteiger partial charge in [-0.3, -0.25) is 0 Å². The first-order valence-electron chi connectivity index (χ1n) is 0.567. The Kier molecular flexibility index (Phi) is 6.05. The van der Waals surface area contributed by atoms with E-state index >= 15 is 0 Å². The predicted octanol–water partition coefficient (Wildman–Crippen LogP) is -3.74. The van der Waals surface area contributed by atoms with E-state index in [4.69, 9.17) is 11.1 Å². The Hall–Kier alpha value is 1.47. The van der Waals surface area contributed by atoms with Crippen molar-refractivity contribution in [2.75, 3.05) is 0 Å². The number of halogens is 1. The van der Waals surface area contributed by atoms with Crippen LogP contribution >= 0.6 is 9.69 Å². The Bertz CT molecular complexity index is 94.0. The average Bonchev–Trinajstić information content (AvgIpc) is 0.722. The van der Waals surface area contributed by atoms with Crippen LogP contribution in [0.4, 0.5) is 0 Å². The van der Waals surface area contributed by atoms with Crippen LogP contribution in [0.15, 0.2) is 0 Å². The van der Waals surface area contributed by atoms with Gasteiger partial charge < -0.3 is 0 Å². The molecule has 0 rings (SSSR count). The van der Waals surface area contributed by atoms with Gasteiger partial charge in [-0.2, -0.15) is 0 Å². The van der Waals surface area contributed by atoms with Crippen molar-refractivity contribution in [2.24, 2.45) is 0 Å². The average molecular weight is 208 g/mol. The topological polar surface area (TPSA) is 57.2 Å². The summed E-state index contributed by atoms with van der Waals surface area (Å²) in [5.74, 6) is 0. The van der Waals surface area contributed by atoms with Crippen molar-refractivity contribution in [3.05, 3.63) is 0 Å². The van der Waals surface area contributed by atoms with E-state index in [0.717, 1.165) is 0 Å². The van der Waals surface area contributed by atoms with Crippen molar-refractivity contribution in [3.8, 4) is 0 Å². The van der Waals surface area contributed by atoms with Crippen LogP contribution in [-0.2, 0) is 21.2 Å². The van der Waals surface area contributed by atoms with Crippen LogP contribution in [0.2, 0.25) is 0 Å². The molecule has 0 spiro atoms. The maximum atomic E-state index is 8.93. The van der Waals surface area contributed by atoms with Gasteiger partial charge in [0.05, 0.1) is 0 Å². The molecule has 0 heterocycles. The Labute approximate surface area is 63.8 Å². The van der Waals surface area contributed by atoms with Crippen molar-refractivity contribution in [3.63, 3.8) is 0 Å². The zero-order valence-electron chi connectivity index (χ0n) is 2.96. The third-order valence-electron chi connectivity index (χ3n) is 0. The Morgan fingerprint density at radius 3 is 1.50 bits per heavy atom. The molecule has 0 aliphatic carbocycles. The Balaban J connectivity index is 0. The molecule has 6 heavy (non-hydrogen) atoms. The van der Waals surface area contributed by atoms with Gasteiger partial charge >= 0.3 is 64.4 Å². The van der Waals surface area contributed by atoms with Crippen LogP contribution in [0.25, 0.3) is 0 Å². The van der Waals surface area contributed by atoms with Gasteiger partial charge in [0.25, 0.3) is 0 Å². The van der Waals surface area contributed by atoms with Gasteiger partial charge in [-0.1, -0.05) is 0 Å². The van der Waals surface area contributed by atoms with Crippen LogP contribution < -0.4 is 33.5 Å². The molecule has 0 N–H and O–H groups in total. The van der Waals surface area contributed by atoms with E-state index in [2.05, 4.69) is 9.69 Å². The van der Waals surface area contributed by atoms with Crippen molar-refractivity contribution in [2.45, 2.75) is 0 Å². The summed E-state index contributed by atoms with van der Waals surface area (Å²) >= 11 is -5.14. The summed E-state index contributed by atoms with van der Waals surface area (Å²) in [6.45, 7) is 0. The first kappa shape index (κ1) is 10.5. The quantitative estimate of drug-likeness (QED) is 0.384. The fourth-order valence-corrected chi connectivity index (χ4v) is 0. The molecule has 0 fully saturated rings. The van der Waals surface area contributed by atoms with Crippen LogP contribution in [0.5, 0.6) is 0 Å². The van der Waals surface area contributed by atoms with Crippen molar-refractivity contribution < 1.29 is 54.7 Å². The summed E-state index contributed by atoms with van der Waals surface area (Å²) in [6, 6.07) is 0. The minimum atomic E-state index is -5.14. The molecule has 0 aromatic carbocycles. The second kappa shape index (κ2) is 3.47. The Morgan fingerprint density at radius 2 is 1.50 bits per heavy atom. The maximum absolute atomic E-state index is 8.93. The second-order valence-electron chi connectivity index (χ2n) is 0.340. The number of hydrogen-bond acceptors (Lipinski definition) is 3. The first-order chi connectivity index (χ1) is 2.00. The molecule has 34 valence electrons. The SMILES string of the molecule is [Na+].[O]=[Ru](=[O])([O-])[Cl]. The molecular formula is ClNaO3Ru. The fraction of sp³-hybridized carbons (Fsp3) is 0. The summed E-state index contributed by atoms with van der Waals surface area (Å²) in [5, 5.41) is 0. The molecule has 3 nitrogen and oxygen atoms in total. The third kappa shape index (κ3) is 50.5. The van der Waals surface area contributed by atoms with Gasteiger partial charge in [-0.15, -0.1) is 0 Å². The van der Waals surface area contributed by atoms with Gasteiger partial charge in [0.2, 0.25) is 0 Å². The van der Waals surface area contributed by atoms with Gasteiger partial charge in [-0.25, -0.2) is 0 Å². The number of hydrogen-bond donors (Lipinski definition) is 0. The molecule has 6 heteroatoms. The van der Waals surface area contributed by atoms with Gasteiger partial charge in [-0.05, 0) is 0 Å². The van der Waals surface area contributed by atoms with Crippen LogP contribution in [0, 0.1) is 0 Å².